The molecular formula is C23H45N. The van der Waals surface area contributed by atoms with Crippen LogP contribution in [0.25, 0.3) is 0 Å². The number of hydrogen-bond donors (Lipinski definition) is 1. The second kappa shape index (κ2) is 20.5. The molecule has 24 heavy (non-hydrogen) atoms. The number of hydrogen-bond acceptors (Lipinski definition) is 1. The third kappa shape index (κ3) is 17.8. The molecule has 0 spiro atoms. The zero-order valence-corrected chi connectivity index (χ0v) is 16.7. The summed E-state index contributed by atoms with van der Waals surface area (Å²) >= 11 is 0. The van der Waals surface area contributed by atoms with E-state index in [9.17, 15) is 0 Å². The molecule has 0 amide bonds. The molecule has 0 aromatic heterocycles. The second-order valence-electron chi connectivity index (χ2n) is 7.30. The molecule has 0 aromatic carbocycles. The Morgan fingerprint density at radius 2 is 1.00 bits per heavy atom. The zero-order chi connectivity index (χ0) is 17.7. The summed E-state index contributed by atoms with van der Waals surface area (Å²) in [7, 11) is 0. The fourth-order valence-corrected chi connectivity index (χ4v) is 3.29. The second-order valence-corrected chi connectivity index (χ2v) is 7.30. The molecule has 0 atom stereocenters. The van der Waals surface area contributed by atoms with E-state index in [0.717, 1.165) is 19.4 Å². The third-order valence-corrected chi connectivity index (χ3v) is 4.87. The van der Waals surface area contributed by atoms with Gasteiger partial charge in [-0.3, -0.25) is 0 Å². The fraction of sp³-hybridized carbons (Fsp3) is 0.826. The van der Waals surface area contributed by atoms with Gasteiger partial charge in [-0.1, -0.05) is 103 Å². The van der Waals surface area contributed by atoms with E-state index < -0.39 is 0 Å². The number of rotatable bonds is 20. The van der Waals surface area contributed by atoms with Crippen molar-refractivity contribution in [3.63, 3.8) is 0 Å². The summed E-state index contributed by atoms with van der Waals surface area (Å²) in [5.74, 6) is 0. The van der Waals surface area contributed by atoms with Crippen LogP contribution < -0.4 is 5.32 Å². The Hall–Kier alpha value is -0.560. The van der Waals surface area contributed by atoms with Gasteiger partial charge in [0.1, 0.15) is 0 Å². The highest BCUT2D eigenvalue weighted by Crippen LogP contribution is 2.12. The first-order valence-corrected chi connectivity index (χ1v) is 10.8. The van der Waals surface area contributed by atoms with Crippen LogP contribution in [0.1, 0.15) is 110 Å². The maximum atomic E-state index is 3.83. The van der Waals surface area contributed by atoms with Gasteiger partial charge in [-0.15, -0.1) is 13.2 Å². The highest BCUT2D eigenvalue weighted by atomic mass is 14.9. The lowest BCUT2D eigenvalue weighted by molar-refractivity contribution is 0.490. The molecule has 0 bridgehead atoms. The van der Waals surface area contributed by atoms with Crippen molar-refractivity contribution in [1.82, 2.24) is 5.32 Å². The molecule has 0 saturated carbocycles. The predicted molar refractivity (Wildman–Crippen MR) is 112 cm³/mol. The summed E-state index contributed by atoms with van der Waals surface area (Å²) in [6, 6.07) is 0.543. The average Bonchev–Trinajstić information content (AvgIpc) is 2.58. The highest BCUT2D eigenvalue weighted by molar-refractivity contribution is 4.83. The van der Waals surface area contributed by atoms with Crippen LogP contribution in [0.2, 0.25) is 0 Å². The van der Waals surface area contributed by atoms with Gasteiger partial charge in [-0.05, 0) is 25.8 Å². The Kier molecular flexibility index (Phi) is 20.0. The molecule has 0 unspecified atom stereocenters. The van der Waals surface area contributed by atoms with Crippen LogP contribution >= 0.6 is 0 Å². The van der Waals surface area contributed by atoms with Gasteiger partial charge in [0, 0.05) is 6.04 Å². The smallest absolute Gasteiger partial charge is 0.0136 e. The van der Waals surface area contributed by atoms with Crippen molar-refractivity contribution in [2.75, 3.05) is 6.54 Å². The van der Waals surface area contributed by atoms with Crippen LogP contribution in [-0.4, -0.2) is 12.6 Å². The first-order valence-electron chi connectivity index (χ1n) is 10.8. The molecule has 142 valence electrons. The van der Waals surface area contributed by atoms with E-state index in [1.807, 2.05) is 12.2 Å². The Balaban J connectivity index is 3.16. The van der Waals surface area contributed by atoms with Crippen molar-refractivity contribution in [2.45, 2.75) is 116 Å². The van der Waals surface area contributed by atoms with Gasteiger partial charge in [0.25, 0.3) is 0 Å². The molecule has 1 heteroatoms. The molecule has 1 nitrogen and oxygen atoms in total. The summed E-state index contributed by atoms with van der Waals surface area (Å²) in [5.41, 5.74) is 0. The average molecular weight is 336 g/mol. The fourth-order valence-electron chi connectivity index (χ4n) is 3.29. The van der Waals surface area contributed by atoms with Gasteiger partial charge in [-0.25, -0.2) is 0 Å². The predicted octanol–water partition coefficient (Wildman–Crippen LogP) is 7.58. The standard InChI is InChI=1S/C23H45N/c1-4-7-8-9-10-11-12-13-14-15-16-17-18-19-22-24-23(20-5-2)21-6-3/h5-6,23-24H,2-4,7-22H2,1H3. The van der Waals surface area contributed by atoms with Crippen LogP contribution in [0.5, 0.6) is 0 Å². The molecule has 0 heterocycles. The van der Waals surface area contributed by atoms with Crippen molar-refractivity contribution in [3.8, 4) is 0 Å². The molecule has 0 aliphatic carbocycles. The van der Waals surface area contributed by atoms with E-state index in [4.69, 9.17) is 0 Å². The van der Waals surface area contributed by atoms with Gasteiger partial charge in [-0.2, -0.15) is 0 Å². The Morgan fingerprint density at radius 1 is 0.625 bits per heavy atom. The zero-order valence-electron chi connectivity index (χ0n) is 16.7. The van der Waals surface area contributed by atoms with E-state index in [1.165, 1.54) is 89.9 Å². The lowest BCUT2D eigenvalue weighted by Crippen LogP contribution is -2.28. The van der Waals surface area contributed by atoms with E-state index >= 15 is 0 Å². The lowest BCUT2D eigenvalue weighted by Gasteiger charge is -2.15. The third-order valence-electron chi connectivity index (χ3n) is 4.87. The molecule has 0 radical (unpaired) electrons. The first-order chi connectivity index (χ1) is 11.8. The number of unbranched alkanes of at least 4 members (excludes halogenated alkanes) is 13. The Bertz CT molecular complexity index is 249. The largest absolute Gasteiger partial charge is 0.313 e. The van der Waals surface area contributed by atoms with Crippen LogP contribution in [0, 0.1) is 0 Å². The number of nitrogens with one attached hydrogen (secondary N) is 1. The van der Waals surface area contributed by atoms with Crippen molar-refractivity contribution in [2.24, 2.45) is 0 Å². The van der Waals surface area contributed by atoms with Crippen LogP contribution in [0.3, 0.4) is 0 Å². The maximum absolute atomic E-state index is 3.83. The minimum absolute atomic E-state index is 0.543. The Labute approximate surface area is 153 Å². The van der Waals surface area contributed by atoms with Gasteiger partial charge in [0.2, 0.25) is 0 Å². The van der Waals surface area contributed by atoms with E-state index in [-0.39, 0.29) is 0 Å². The molecule has 0 aliphatic rings. The Morgan fingerprint density at radius 3 is 1.38 bits per heavy atom. The van der Waals surface area contributed by atoms with E-state index in [0.29, 0.717) is 6.04 Å². The minimum atomic E-state index is 0.543. The summed E-state index contributed by atoms with van der Waals surface area (Å²) in [4.78, 5) is 0. The summed E-state index contributed by atoms with van der Waals surface area (Å²) in [6.45, 7) is 11.1. The molecule has 1 N–H and O–H groups in total. The van der Waals surface area contributed by atoms with Crippen LogP contribution in [0.4, 0.5) is 0 Å². The van der Waals surface area contributed by atoms with E-state index in [1.54, 1.807) is 0 Å². The molecule has 0 fully saturated rings. The van der Waals surface area contributed by atoms with Gasteiger partial charge < -0.3 is 5.32 Å². The summed E-state index contributed by atoms with van der Waals surface area (Å²) in [6.07, 6.45) is 26.1. The van der Waals surface area contributed by atoms with Crippen molar-refractivity contribution >= 4 is 0 Å². The van der Waals surface area contributed by atoms with Crippen molar-refractivity contribution in [3.05, 3.63) is 25.3 Å². The molecular weight excluding hydrogens is 290 g/mol. The highest BCUT2D eigenvalue weighted by Gasteiger charge is 2.02. The SMILES string of the molecule is C=CCC(CC=C)NCCCCCCCCCCCCCCCC. The van der Waals surface area contributed by atoms with Crippen molar-refractivity contribution < 1.29 is 0 Å². The summed E-state index contributed by atoms with van der Waals surface area (Å²) < 4.78 is 0. The summed E-state index contributed by atoms with van der Waals surface area (Å²) in [5, 5.41) is 3.62. The minimum Gasteiger partial charge on any atom is -0.313 e. The first kappa shape index (κ1) is 23.4. The monoisotopic (exact) mass is 335 g/mol. The lowest BCUT2D eigenvalue weighted by atomic mass is 10.0. The van der Waals surface area contributed by atoms with Crippen LogP contribution in [-0.2, 0) is 0 Å². The molecule has 0 aliphatic heterocycles. The quantitative estimate of drug-likeness (QED) is 0.178. The van der Waals surface area contributed by atoms with Crippen molar-refractivity contribution in [1.29, 1.82) is 0 Å². The van der Waals surface area contributed by atoms with E-state index in [2.05, 4.69) is 25.4 Å². The van der Waals surface area contributed by atoms with Gasteiger partial charge in [0.05, 0.1) is 0 Å². The maximum Gasteiger partial charge on any atom is 0.0136 e. The molecule has 0 saturated heterocycles. The van der Waals surface area contributed by atoms with Gasteiger partial charge in [0.15, 0.2) is 0 Å². The molecule has 0 rings (SSSR count). The van der Waals surface area contributed by atoms with Crippen LogP contribution in [0.15, 0.2) is 25.3 Å². The molecule has 0 aromatic rings. The topological polar surface area (TPSA) is 12.0 Å². The normalized spacial score (nSPS) is 11.1. The van der Waals surface area contributed by atoms with Gasteiger partial charge >= 0.3 is 0 Å².